The van der Waals surface area contributed by atoms with Crippen LogP contribution in [0.4, 0.5) is 11.5 Å². The fraction of sp³-hybridized carbons (Fsp3) is 0.667. The van der Waals surface area contributed by atoms with Gasteiger partial charge in [0.1, 0.15) is 0 Å². The van der Waals surface area contributed by atoms with Crippen LogP contribution in [0.25, 0.3) is 0 Å². The molecule has 1 unspecified atom stereocenters. The second kappa shape index (κ2) is 6.62. The van der Waals surface area contributed by atoms with Gasteiger partial charge in [-0.3, -0.25) is 0 Å². The van der Waals surface area contributed by atoms with Crippen molar-refractivity contribution in [3.05, 3.63) is 18.3 Å². The third-order valence-corrected chi connectivity index (χ3v) is 3.68. The molecule has 3 heteroatoms. The van der Waals surface area contributed by atoms with Gasteiger partial charge in [0.05, 0.1) is 5.69 Å². The fourth-order valence-corrected chi connectivity index (χ4v) is 2.64. The lowest BCUT2D eigenvalue weighted by molar-refractivity contribution is 0.622. The van der Waals surface area contributed by atoms with E-state index in [4.69, 9.17) is 0 Å². The maximum atomic E-state index is 4.57. The van der Waals surface area contributed by atoms with Crippen molar-refractivity contribution in [3.63, 3.8) is 0 Å². The van der Waals surface area contributed by atoms with Crippen LogP contribution < -0.4 is 10.2 Å². The Morgan fingerprint density at radius 3 is 2.78 bits per heavy atom. The number of nitrogens with zero attached hydrogens (tertiary/aromatic N) is 2. The fourth-order valence-electron chi connectivity index (χ4n) is 2.64. The molecule has 1 aliphatic rings. The lowest BCUT2D eigenvalue weighted by Crippen LogP contribution is -2.24. The van der Waals surface area contributed by atoms with Crippen molar-refractivity contribution < 1.29 is 0 Å². The van der Waals surface area contributed by atoms with E-state index in [-0.39, 0.29) is 0 Å². The van der Waals surface area contributed by atoms with Gasteiger partial charge < -0.3 is 10.2 Å². The normalized spacial score (nSPS) is 16.9. The summed E-state index contributed by atoms with van der Waals surface area (Å²) in [5, 5.41) is 3.67. The molecule has 0 aliphatic carbocycles. The van der Waals surface area contributed by atoms with E-state index in [1.165, 1.54) is 37.8 Å². The van der Waals surface area contributed by atoms with Crippen LogP contribution in [0, 0.1) is 0 Å². The van der Waals surface area contributed by atoms with E-state index in [1.54, 1.807) is 0 Å². The lowest BCUT2D eigenvalue weighted by atomic mass is 10.1. The van der Waals surface area contributed by atoms with Gasteiger partial charge in [0.15, 0.2) is 5.82 Å². The highest BCUT2D eigenvalue weighted by atomic mass is 15.2. The van der Waals surface area contributed by atoms with Gasteiger partial charge in [-0.25, -0.2) is 4.98 Å². The highest BCUT2D eigenvalue weighted by Gasteiger charge is 2.17. The van der Waals surface area contributed by atoms with Crippen molar-refractivity contribution in [1.82, 2.24) is 4.98 Å². The van der Waals surface area contributed by atoms with E-state index in [2.05, 4.69) is 35.1 Å². The maximum absolute atomic E-state index is 4.57. The van der Waals surface area contributed by atoms with Gasteiger partial charge in [-0.15, -0.1) is 0 Å². The molecule has 18 heavy (non-hydrogen) atoms. The molecular formula is C15H25N3. The first-order chi connectivity index (χ1) is 8.85. The molecule has 1 aromatic heterocycles. The predicted octanol–water partition coefficient (Wildman–Crippen LogP) is 3.67. The molecule has 1 aliphatic heterocycles. The molecule has 0 radical (unpaired) electrons. The van der Waals surface area contributed by atoms with Gasteiger partial charge in [0, 0.05) is 25.3 Å². The second-order valence-corrected chi connectivity index (χ2v) is 5.11. The molecule has 0 spiro atoms. The van der Waals surface area contributed by atoms with Crippen LogP contribution in [-0.4, -0.2) is 24.1 Å². The molecule has 0 bridgehead atoms. The SMILES string of the molecule is CCCC(CC)Nc1cccnc1N1CCCC1. The number of rotatable bonds is 6. The molecule has 2 rings (SSSR count). The summed E-state index contributed by atoms with van der Waals surface area (Å²) in [4.78, 5) is 6.98. The molecule has 0 saturated carbocycles. The monoisotopic (exact) mass is 247 g/mol. The number of hydrogen-bond acceptors (Lipinski definition) is 3. The average molecular weight is 247 g/mol. The first kappa shape index (κ1) is 13.2. The van der Waals surface area contributed by atoms with Crippen molar-refractivity contribution in [2.45, 2.75) is 52.0 Å². The maximum Gasteiger partial charge on any atom is 0.151 e. The van der Waals surface area contributed by atoms with Crippen molar-refractivity contribution >= 4 is 11.5 Å². The van der Waals surface area contributed by atoms with E-state index < -0.39 is 0 Å². The van der Waals surface area contributed by atoms with Gasteiger partial charge in [-0.05, 0) is 37.8 Å². The van der Waals surface area contributed by atoms with Crippen LogP contribution in [0.15, 0.2) is 18.3 Å². The van der Waals surface area contributed by atoms with Crippen LogP contribution in [0.2, 0.25) is 0 Å². The minimum Gasteiger partial charge on any atom is -0.379 e. The topological polar surface area (TPSA) is 28.2 Å². The summed E-state index contributed by atoms with van der Waals surface area (Å²) in [5.41, 5.74) is 1.21. The molecule has 3 nitrogen and oxygen atoms in total. The Morgan fingerprint density at radius 2 is 2.11 bits per heavy atom. The summed E-state index contributed by atoms with van der Waals surface area (Å²) in [7, 11) is 0. The van der Waals surface area contributed by atoms with E-state index in [0.29, 0.717) is 6.04 Å². The van der Waals surface area contributed by atoms with Crippen molar-refractivity contribution in [1.29, 1.82) is 0 Å². The zero-order chi connectivity index (χ0) is 12.8. The van der Waals surface area contributed by atoms with E-state index in [9.17, 15) is 0 Å². The summed E-state index contributed by atoms with van der Waals surface area (Å²) in [5.74, 6) is 1.14. The molecule has 2 heterocycles. The van der Waals surface area contributed by atoms with E-state index in [1.807, 2.05) is 12.3 Å². The summed E-state index contributed by atoms with van der Waals surface area (Å²) >= 11 is 0. The van der Waals surface area contributed by atoms with Crippen LogP contribution in [0.5, 0.6) is 0 Å². The molecule has 0 amide bonds. The minimum atomic E-state index is 0.570. The van der Waals surface area contributed by atoms with E-state index >= 15 is 0 Å². The molecule has 1 fully saturated rings. The molecule has 0 aromatic carbocycles. The highest BCUT2D eigenvalue weighted by molar-refractivity contribution is 5.66. The van der Waals surface area contributed by atoms with Gasteiger partial charge in [-0.1, -0.05) is 20.3 Å². The van der Waals surface area contributed by atoms with Crippen LogP contribution in [-0.2, 0) is 0 Å². The Labute approximate surface area is 111 Å². The molecular weight excluding hydrogens is 222 g/mol. The number of anilines is 2. The zero-order valence-electron chi connectivity index (χ0n) is 11.7. The summed E-state index contributed by atoms with van der Waals surface area (Å²) < 4.78 is 0. The van der Waals surface area contributed by atoms with Gasteiger partial charge >= 0.3 is 0 Å². The third-order valence-electron chi connectivity index (χ3n) is 3.68. The van der Waals surface area contributed by atoms with Gasteiger partial charge in [0.25, 0.3) is 0 Å². The molecule has 100 valence electrons. The smallest absolute Gasteiger partial charge is 0.151 e. The Hall–Kier alpha value is -1.25. The highest BCUT2D eigenvalue weighted by Crippen LogP contribution is 2.27. The molecule has 1 aromatic rings. The number of nitrogens with one attached hydrogen (secondary N) is 1. The zero-order valence-corrected chi connectivity index (χ0v) is 11.7. The van der Waals surface area contributed by atoms with Crippen molar-refractivity contribution in [2.75, 3.05) is 23.3 Å². The Bertz CT molecular complexity index is 359. The van der Waals surface area contributed by atoms with Crippen molar-refractivity contribution in [2.24, 2.45) is 0 Å². The number of pyridine rings is 1. The summed E-state index contributed by atoms with van der Waals surface area (Å²) in [6, 6.07) is 4.76. The standard InChI is InChI=1S/C15H25N3/c1-3-8-13(4-2)17-14-9-7-10-16-15(14)18-11-5-6-12-18/h7,9-10,13,17H,3-6,8,11-12H2,1-2H3. The first-order valence-electron chi connectivity index (χ1n) is 7.31. The number of aromatic nitrogens is 1. The summed E-state index contributed by atoms with van der Waals surface area (Å²) in [6.07, 6.45) is 8.11. The average Bonchev–Trinajstić information content (AvgIpc) is 2.92. The second-order valence-electron chi connectivity index (χ2n) is 5.11. The summed E-state index contributed by atoms with van der Waals surface area (Å²) in [6.45, 7) is 6.79. The lowest BCUT2D eigenvalue weighted by Gasteiger charge is -2.24. The Balaban J connectivity index is 2.11. The van der Waals surface area contributed by atoms with Crippen LogP contribution in [0.3, 0.4) is 0 Å². The number of hydrogen-bond donors (Lipinski definition) is 1. The molecule has 1 N–H and O–H groups in total. The molecule has 1 saturated heterocycles. The van der Waals surface area contributed by atoms with E-state index in [0.717, 1.165) is 18.9 Å². The third kappa shape index (κ3) is 3.15. The first-order valence-corrected chi connectivity index (χ1v) is 7.31. The van der Waals surface area contributed by atoms with Crippen molar-refractivity contribution in [3.8, 4) is 0 Å². The molecule has 1 atom stereocenters. The Morgan fingerprint density at radius 1 is 1.33 bits per heavy atom. The minimum absolute atomic E-state index is 0.570. The Kier molecular flexibility index (Phi) is 4.85. The van der Waals surface area contributed by atoms with Crippen LogP contribution in [0.1, 0.15) is 46.0 Å². The predicted molar refractivity (Wildman–Crippen MR) is 78.3 cm³/mol. The largest absolute Gasteiger partial charge is 0.379 e. The quantitative estimate of drug-likeness (QED) is 0.831. The van der Waals surface area contributed by atoms with Gasteiger partial charge in [-0.2, -0.15) is 0 Å². The van der Waals surface area contributed by atoms with Gasteiger partial charge in [0.2, 0.25) is 0 Å². The van der Waals surface area contributed by atoms with Crippen LogP contribution >= 0.6 is 0 Å².